The summed E-state index contributed by atoms with van der Waals surface area (Å²) in [4.78, 5) is 66.4. The van der Waals surface area contributed by atoms with Crippen LogP contribution in [-0.2, 0) is 25.0 Å². The Morgan fingerprint density at radius 3 is 2.47 bits per heavy atom. The fourth-order valence-electron chi connectivity index (χ4n) is 8.19. The normalized spacial score (nSPS) is 31.7. The number of amides is 4. The first kappa shape index (κ1) is 42.0. The largest absolute Gasteiger partial charge is 0.497 e. The summed E-state index contributed by atoms with van der Waals surface area (Å²) in [7, 11) is 1.45. The van der Waals surface area contributed by atoms with Crippen molar-refractivity contribution in [2.45, 2.75) is 139 Å². The van der Waals surface area contributed by atoms with E-state index in [1.807, 2.05) is 6.92 Å². The van der Waals surface area contributed by atoms with Gasteiger partial charge >= 0.3 is 6.09 Å². The number of alkyl carbamates (subject to hydrolysis) is 1. The van der Waals surface area contributed by atoms with Crippen LogP contribution in [-0.4, -0.2) is 93.3 Å². The predicted octanol–water partition coefficient (Wildman–Crippen LogP) is 6.27. The molecule has 1 aromatic heterocycles. The first-order valence-electron chi connectivity index (χ1n) is 20.1. The summed E-state index contributed by atoms with van der Waals surface area (Å²) in [6.07, 6.45) is -2.77. The maximum atomic E-state index is 16.3. The van der Waals surface area contributed by atoms with Gasteiger partial charge in [0.1, 0.15) is 35.6 Å². The first-order valence-corrected chi connectivity index (χ1v) is 20.9. The SMILES string of the molecule is CC[C@@H]1[C@@H]2CN(C(=O)[C@H](C(C)(C)C)NC(=O)O[C@@H]3C[C@H]3CCCCC(F)(F)c3nc4ccc(OC)cc4nc3O2)[C@@H]1C(=O)N[C@]1(C(=O)NSC2(C)CC2)C[C@H]1C(F)F. The molecular formula is C40H52F4N6O7S. The molecule has 4 fully saturated rings. The summed E-state index contributed by atoms with van der Waals surface area (Å²) >= 11 is 1.12. The van der Waals surface area contributed by atoms with E-state index in [1.54, 1.807) is 33.8 Å². The van der Waals surface area contributed by atoms with Gasteiger partial charge in [-0.25, -0.2) is 23.5 Å². The number of nitrogens with zero attached hydrogens (tertiary/aromatic N) is 3. The van der Waals surface area contributed by atoms with Crippen molar-refractivity contribution in [3.05, 3.63) is 23.9 Å². The van der Waals surface area contributed by atoms with Crippen molar-refractivity contribution in [2.75, 3.05) is 13.7 Å². The van der Waals surface area contributed by atoms with Crippen molar-refractivity contribution >= 4 is 46.8 Å². The summed E-state index contributed by atoms with van der Waals surface area (Å²) < 4.78 is 81.1. The molecule has 0 spiro atoms. The summed E-state index contributed by atoms with van der Waals surface area (Å²) in [5.74, 6) is -8.39. The van der Waals surface area contributed by atoms with Crippen LogP contribution in [0.5, 0.6) is 11.6 Å². The van der Waals surface area contributed by atoms with E-state index in [9.17, 15) is 28.0 Å². The Balaban J connectivity index is 1.29. The second-order valence-electron chi connectivity index (χ2n) is 17.8. The van der Waals surface area contributed by atoms with Gasteiger partial charge in [-0.3, -0.25) is 19.1 Å². The Morgan fingerprint density at radius 1 is 1.09 bits per heavy atom. The molecule has 5 aliphatic rings. The minimum atomic E-state index is -3.50. The zero-order valence-electron chi connectivity index (χ0n) is 33.5. The number of carbonyl (C=O) groups excluding carboxylic acids is 4. The molecule has 2 aromatic rings. The van der Waals surface area contributed by atoms with Crippen molar-refractivity contribution in [3.8, 4) is 11.6 Å². The third kappa shape index (κ3) is 8.49. The van der Waals surface area contributed by atoms with Gasteiger partial charge in [0, 0.05) is 23.2 Å². The number of nitrogens with one attached hydrogen (secondary N) is 3. The molecule has 58 heavy (non-hydrogen) atoms. The van der Waals surface area contributed by atoms with Crippen LogP contribution in [0.15, 0.2) is 18.2 Å². The van der Waals surface area contributed by atoms with Crippen molar-refractivity contribution in [1.82, 2.24) is 30.2 Å². The molecule has 2 bridgehead atoms. The van der Waals surface area contributed by atoms with Crippen molar-refractivity contribution in [1.29, 1.82) is 0 Å². The van der Waals surface area contributed by atoms with Gasteiger partial charge in [0.05, 0.1) is 30.6 Å². The van der Waals surface area contributed by atoms with Crippen LogP contribution in [0.1, 0.15) is 98.1 Å². The van der Waals surface area contributed by atoms with E-state index in [1.165, 1.54) is 24.1 Å². The topological polar surface area (TPSA) is 161 Å². The summed E-state index contributed by atoms with van der Waals surface area (Å²) in [5.41, 5.74) is -3.21. The van der Waals surface area contributed by atoms with Gasteiger partial charge in [-0.1, -0.05) is 34.1 Å². The van der Waals surface area contributed by atoms with E-state index >= 15 is 8.78 Å². The standard InChI is InChI=1S/C40H52F4N6O7S/c1-7-22-27-19-50(28(22)32(51)48-39(18-23(39)31(41)42)35(53)49-58-38(5)14-15-38)34(52)30(37(2,3)4)47-36(54)57-26-16-20(26)10-8-9-13-40(43,44)29-33(56-27)46-25-17-21(55-6)11-12-24(25)45-29/h11-12,17,20,22-23,26-28,30-31H,7-10,13-16,18-19H2,1-6H3,(H,47,54)(H,48,51)(H,49,53)/t20-,22-,23+,26-,27+,28+,30-,39-/m1/s1. The van der Waals surface area contributed by atoms with E-state index in [0.29, 0.717) is 25.0 Å². The molecule has 3 heterocycles. The second kappa shape index (κ2) is 15.5. The van der Waals surface area contributed by atoms with Crippen molar-refractivity contribution in [2.24, 2.45) is 23.2 Å². The van der Waals surface area contributed by atoms with Crippen LogP contribution in [0.4, 0.5) is 22.4 Å². The Bertz CT molecular complexity index is 1950. The molecule has 13 nitrogen and oxygen atoms in total. The van der Waals surface area contributed by atoms with E-state index in [2.05, 4.69) is 25.3 Å². The van der Waals surface area contributed by atoms with Gasteiger partial charge in [0.15, 0.2) is 5.69 Å². The molecule has 0 radical (unpaired) electrons. The number of ether oxygens (including phenoxy) is 3. The molecule has 4 amide bonds. The number of aromatic nitrogens is 2. The van der Waals surface area contributed by atoms with E-state index in [-0.39, 0.29) is 47.5 Å². The molecule has 3 aliphatic carbocycles. The maximum Gasteiger partial charge on any atom is 0.408 e. The lowest BCUT2D eigenvalue weighted by molar-refractivity contribution is -0.144. The van der Waals surface area contributed by atoms with E-state index in [0.717, 1.165) is 24.8 Å². The average molecular weight is 837 g/mol. The molecule has 318 valence electrons. The Labute approximate surface area is 339 Å². The minimum absolute atomic E-state index is 0.0244. The zero-order valence-corrected chi connectivity index (χ0v) is 34.4. The van der Waals surface area contributed by atoms with Crippen LogP contribution in [0.2, 0.25) is 0 Å². The van der Waals surface area contributed by atoms with E-state index in [4.69, 9.17) is 14.2 Å². The number of carbonyl (C=O) groups is 4. The summed E-state index contributed by atoms with van der Waals surface area (Å²) in [6.45, 7) is 8.48. The summed E-state index contributed by atoms with van der Waals surface area (Å²) in [6, 6.07) is 1.94. The Morgan fingerprint density at radius 2 is 1.83 bits per heavy atom. The third-order valence-corrected chi connectivity index (χ3v) is 13.5. The zero-order chi connectivity index (χ0) is 41.9. The number of methoxy groups -OCH3 is 1. The molecular weight excluding hydrogens is 785 g/mol. The number of fused-ring (bicyclic) bond motifs is 5. The van der Waals surface area contributed by atoms with Crippen LogP contribution in [0.25, 0.3) is 11.0 Å². The molecule has 1 saturated heterocycles. The molecule has 2 aliphatic heterocycles. The highest BCUT2D eigenvalue weighted by atomic mass is 32.2. The van der Waals surface area contributed by atoms with Gasteiger partial charge in [-0.05, 0) is 87.3 Å². The minimum Gasteiger partial charge on any atom is -0.497 e. The van der Waals surface area contributed by atoms with Crippen LogP contribution in [0, 0.1) is 23.2 Å². The lowest BCUT2D eigenvalue weighted by Gasteiger charge is -2.36. The van der Waals surface area contributed by atoms with Crippen LogP contribution >= 0.6 is 11.9 Å². The monoisotopic (exact) mass is 836 g/mol. The van der Waals surface area contributed by atoms with Gasteiger partial charge < -0.3 is 29.7 Å². The summed E-state index contributed by atoms with van der Waals surface area (Å²) in [5, 5.41) is 5.33. The third-order valence-electron chi connectivity index (χ3n) is 12.3. The van der Waals surface area contributed by atoms with Gasteiger partial charge in [-0.2, -0.15) is 8.78 Å². The van der Waals surface area contributed by atoms with Crippen LogP contribution in [0.3, 0.4) is 0 Å². The molecule has 18 heteroatoms. The average Bonchev–Trinajstić information content (AvgIpc) is 4.12. The number of alkyl halides is 4. The van der Waals surface area contributed by atoms with Crippen molar-refractivity contribution in [3.63, 3.8) is 0 Å². The Kier molecular flexibility index (Phi) is 11.2. The molecule has 8 atom stereocenters. The first-order chi connectivity index (χ1) is 27.3. The molecule has 3 N–H and O–H groups in total. The molecule has 3 saturated carbocycles. The highest BCUT2D eigenvalue weighted by Crippen LogP contribution is 2.51. The molecule has 7 rings (SSSR count). The van der Waals surface area contributed by atoms with Gasteiger partial charge in [-0.15, -0.1) is 0 Å². The van der Waals surface area contributed by atoms with E-state index < -0.39 is 101 Å². The second-order valence-corrected chi connectivity index (χ2v) is 19.2. The predicted molar refractivity (Wildman–Crippen MR) is 205 cm³/mol. The van der Waals surface area contributed by atoms with Gasteiger partial charge in [0.25, 0.3) is 11.8 Å². The lowest BCUT2D eigenvalue weighted by Crippen LogP contribution is -2.60. The molecule has 0 unspecified atom stereocenters. The number of rotatable bonds is 8. The smallest absolute Gasteiger partial charge is 0.408 e. The fraction of sp³-hybridized carbons (Fsp3) is 0.700. The van der Waals surface area contributed by atoms with Gasteiger partial charge in [0.2, 0.25) is 24.1 Å². The highest BCUT2D eigenvalue weighted by molar-refractivity contribution is 7.99. The fourth-order valence-corrected chi connectivity index (χ4v) is 9.02. The van der Waals surface area contributed by atoms with Crippen molar-refractivity contribution < 1.29 is 51.0 Å². The highest BCUT2D eigenvalue weighted by Gasteiger charge is 2.67. The number of hydrogen-bond donors (Lipinski definition) is 3. The number of hydrogen-bond acceptors (Lipinski definition) is 10. The number of halogens is 4. The Hall–Kier alpha value is -4.09. The quantitative estimate of drug-likeness (QED) is 0.204. The van der Waals surface area contributed by atoms with Crippen LogP contribution < -0.4 is 24.8 Å². The maximum absolute atomic E-state index is 16.3. The molecule has 1 aromatic carbocycles. The number of benzene rings is 1. The lowest BCUT2D eigenvalue weighted by atomic mass is 9.85.